The Labute approximate surface area is 345 Å². The Morgan fingerprint density at radius 3 is 2.40 bits per heavy atom. The van der Waals surface area contributed by atoms with Crippen LogP contribution in [0.5, 0.6) is 5.75 Å². The smallest absolute Gasteiger partial charge is 0.417 e. The Morgan fingerprint density at radius 2 is 1.72 bits per heavy atom. The van der Waals surface area contributed by atoms with Gasteiger partial charge < -0.3 is 14.5 Å². The molecule has 18 heteroatoms. The maximum absolute atomic E-state index is 15.7. The topological polar surface area (TPSA) is 155 Å². The number of halogens is 4. The lowest BCUT2D eigenvalue weighted by Crippen LogP contribution is -2.64. The first-order valence-electron chi connectivity index (χ1n) is 19.8. The molecule has 6 aliphatic heterocycles. The lowest BCUT2D eigenvalue weighted by molar-refractivity contribution is -0.138. The predicted molar refractivity (Wildman–Crippen MR) is 209 cm³/mol. The zero-order chi connectivity index (χ0) is 42.5. The van der Waals surface area contributed by atoms with Crippen molar-refractivity contribution in [3.63, 3.8) is 0 Å². The molecule has 0 bridgehead atoms. The van der Waals surface area contributed by atoms with Crippen molar-refractivity contribution >= 4 is 45.5 Å². The molecule has 60 heavy (non-hydrogen) atoms. The van der Waals surface area contributed by atoms with Gasteiger partial charge in [0, 0.05) is 55.6 Å². The summed E-state index contributed by atoms with van der Waals surface area (Å²) in [5.74, 6) is -1.61. The number of thiol groups is 1. The molecule has 1 spiro atoms. The van der Waals surface area contributed by atoms with E-state index in [1.54, 1.807) is 24.8 Å². The van der Waals surface area contributed by atoms with E-state index in [4.69, 9.17) is 4.74 Å². The highest BCUT2D eigenvalue weighted by atomic mass is 32.2. The van der Waals surface area contributed by atoms with Gasteiger partial charge in [-0.25, -0.2) is 4.39 Å². The average molecular weight is 848 g/mol. The summed E-state index contributed by atoms with van der Waals surface area (Å²) in [5.41, 5.74) is -0.893. The largest absolute Gasteiger partial charge is 0.487 e. The second-order valence-corrected chi connectivity index (χ2v) is 18.6. The summed E-state index contributed by atoms with van der Waals surface area (Å²) in [5, 5.41) is 12.5. The molecular weight excluding hydrogens is 807 g/mol. The number of aryl methyl sites for hydroxylation is 1. The summed E-state index contributed by atoms with van der Waals surface area (Å²) in [6.07, 6.45) is -1.21. The monoisotopic (exact) mass is 847 g/mol. The Morgan fingerprint density at radius 1 is 0.967 bits per heavy atom. The molecule has 6 aliphatic rings. The molecule has 4 fully saturated rings. The third-order valence-corrected chi connectivity index (χ3v) is 15.0. The molecule has 4 saturated heterocycles. The van der Waals surface area contributed by atoms with Crippen molar-refractivity contribution < 1.29 is 46.3 Å². The summed E-state index contributed by atoms with van der Waals surface area (Å²) < 4.78 is 63.4. The zero-order valence-corrected chi connectivity index (χ0v) is 33.6. The van der Waals surface area contributed by atoms with E-state index in [0.717, 1.165) is 68.1 Å². The van der Waals surface area contributed by atoms with E-state index in [1.807, 2.05) is 6.07 Å². The normalized spacial score (nSPS) is 24.4. The van der Waals surface area contributed by atoms with Crippen LogP contribution in [-0.2, 0) is 33.5 Å². The van der Waals surface area contributed by atoms with Gasteiger partial charge in [-0.3, -0.25) is 39.2 Å². The van der Waals surface area contributed by atoms with E-state index < -0.39 is 68.3 Å². The fourth-order valence-corrected chi connectivity index (χ4v) is 11.4. The van der Waals surface area contributed by atoms with Crippen molar-refractivity contribution in [2.24, 2.45) is 0 Å². The average Bonchev–Trinajstić information content (AvgIpc) is 3.63. The zero-order valence-electron chi connectivity index (χ0n) is 32.7. The molecule has 3 aromatic carbocycles. The van der Waals surface area contributed by atoms with Gasteiger partial charge in [-0.1, -0.05) is 11.1 Å². The van der Waals surface area contributed by atoms with Crippen LogP contribution in [0.2, 0.25) is 0 Å². The number of nitriles is 1. The fraction of sp³-hybridized carbons (Fsp3) is 0.429. The van der Waals surface area contributed by atoms with Crippen molar-refractivity contribution in [1.29, 1.82) is 5.26 Å². The summed E-state index contributed by atoms with van der Waals surface area (Å²) in [4.78, 5) is 73.1. The molecule has 2 unspecified atom stereocenters. The van der Waals surface area contributed by atoms with E-state index in [1.165, 1.54) is 34.2 Å². The molecule has 0 aliphatic carbocycles. The molecule has 314 valence electrons. The number of fused-ring (bicyclic) bond motifs is 2. The molecule has 0 radical (unpaired) electrons. The number of ether oxygens (including phenoxy) is 1. The van der Waals surface area contributed by atoms with Gasteiger partial charge in [0.05, 0.1) is 28.4 Å². The minimum absolute atomic E-state index is 0.0687. The maximum Gasteiger partial charge on any atom is 0.417 e. The standard InChI is InChI=1S/C42H41F4N7O6S/c1-40(2)39(58)60(28-5-3-24(19-47)31(17-28)42(44,45)46)49-53(40)26-4-6-29(32(43)16-26)37(56)51-21-27(22-51)50-13-11-41(12-14-50)10-9-23-15-25-20-52(33-7-8-35(54)48-36(33)55)38(57)30(25)18-34(23)59-41/h3-6,15-18,27,33,49,60H,7-14,20-22H2,1-2H3,(H,48,54,55). The number of benzene rings is 3. The number of anilines is 1. The van der Waals surface area contributed by atoms with Crippen LogP contribution in [0, 0.1) is 17.1 Å². The molecule has 0 aromatic heterocycles. The lowest BCUT2D eigenvalue weighted by atomic mass is 9.82. The first-order valence-corrected chi connectivity index (χ1v) is 21.2. The molecule has 9 rings (SSSR count). The SMILES string of the molecule is CC1(C)C(=O)[SH](c2ccc(C#N)c(C(F)(F)F)c2)NN1c1ccc(C(=O)N2CC(N3CCC4(CCc5cc6c(cc5O4)C(=O)N(C4CCC(=O)NC4=O)C6)CC3)C2)c(F)c1. The van der Waals surface area contributed by atoms with Crippen LogP contribution < -0.4 is 19.9 Å². The number of hydrazine groups is 1. The van der Waals surface area contributed by atoms with Crippen LogP contribution in [0.4, 0.5) is 23.2 Å². The molecular formula is C42H41F4N7O6S. The number of hydrogen-bond donors (Lipinski definition) is 3. The highest BCUT2D eigenvalue weighted by Crippen LogP contribution is 2.49. The van der Waals surface area contributed by atoms with Crippen LogP contribution in [0.15, 0.2) is 53.4 Å². The number of rotatable bonds is 5. The number of alkyl halides is 3. The Bertz CT molecular complexity index is 2420. The number of piperidine rings is 2. The third kappa shape index (κ3) is 6.67. The van der Waals surface area contributed by atoms with Gasteiger partial charge in [0.15, 0.2) is 0 Å². The third-order valence-electron chi connectivity index (χ3n) is 12.9. The van der Waals surface area contributed by atoms with E-state index in [9.17, 15) is 42.4 Å². The molecule has 2 N–H and O–H groups in total. The van der Waals surface area contributed by atoms with Crippen molar-refractivity contribution in [3.05, 3.63) is 87.7 Å². The second-order valence-electron chi connectivity index (χ2n) is 16.8. The van der Waals surface area contributed by atoms with E-state index in [-0.39, 0.29) is 40.4 Å². The molecule has 2 atom stereocenters. The summed E-state index contributed by atoms with van der Waals surface area (Å²) >= 11 is -2.02. The molecule has 3 aromatic rings. The Balaban J connectivity index is 0.803. The summed E-state index contributed by atoms with van der Waals surface area (Å²) in [7, 11) is 0. The van der Waals surface area contributed by atoms with Gasteiger partial charge in [-0.15, -0.1) is 0 Å². The number of hydrogen-bond acceptors (Lipinski definition) is 10. The van der Waals surface area contributed by atoms with Gasteiger partial charge in [-0.05, 0) is 106 Å². The van der Waals surface area contributed by atoms with Gasteiger partial charge in [0.1, 0.15) is 28.7 Å². The Hall–Kier alpha value is -5.51. The van der Waals surface area contributed by atoms with Crippen LogP contribution in [0.3, 0.4) is 0 Å². The van der Waals surface area contributed by atoms with Crippen LogP contribution in [0.1, 0.15) is 88.9 Å². The number of nitrogens with zero attached hydrogens (tertiary/aromatic N) is 5. The molecule has 13 nitrogen and oxygen atoms in total. The number of carbonyl (C=O) groups excluding carboxylic acids is 5. The van der Waals surface area contributed by atoms with Crippen LogP contribution in [0.25, 0.3) is 0 Å². The fourth-order valence-electron chi connectivity index (χ4n) is 9.27. The number of nitrogens with one attached hydrogen (secondary N) is 2. The van der Waals surface area contributed by atoms with E-state index in [2.05, 4.69) is 15.0 Å². The lowest BCUT2D eigenvalue weighted by Gasteiger charge is -2.51. The quantitative estimate of drug-likeness (QED) is 0.186. The minimum Gasteiger partial charge on any atom is -0.487 e. The summed E-state index contributed by atoms with van der Waals surface area (Å²) in [6.45, 7) is 5.76. The summed E-state index contributed by atoms with van der Waals surface area (Å²) in [6, 6.07) is 11.9. The number of amides is 4. The molecule has 4 amide bonds. The van der Waals surface area contributed by atoms with Crippen LogP contribution >= 0.6 is 11.1 Å². The van der Waals surface area contributed by atoms with Crippen LogP contribution in [-0.4, -0.2) is 92.8 Å². The number of carbonyl (C=O) groups is 5. The molecule has 6 heterocycles. The second kappa shape index (κ2) is 14.3. The minimum atomic E-state index is -4.80. The van der Waals surface area contributed by atoms with Gasteiger partial charge in [-0.2, -0.15) is 23.3 Å². The van der Waals surface area contributed by atoms with Gasteiger partial charge >= 0.3 is 6.18 Å². The number of likely N-dealkylation sites (tertiary alicyclic amines) is 2. The van der Waals surface area contributed by atoms with Gasteiger partial charge in [0.25, 0.3) is 11.8 Å². The first kappa shape index (κ1) is 39.9. The first-order chi connectivity index (χ1) is 28.5. The van der Waals surface area contributed by atoms with Crippen molar-refractivity contribution in [2.75, 3.05) is 31.2 Å². The van der Waals surface area contributed by atoms with Gasteiger partial charge in [0.2, 0.25) is 16.9 Å². The highest BCUT2D eigenvalue weighted by Gasteiger charge is 2.48. The molecule has 0 saturated carbocycles. The Kier molecular flexibility index (Phi) is 9.52. The van der Waals surface area contributed by atoms with Crippen molar-refractivity contribution in [3.8, 4) is 11.8 Å². The van der Waals surface area contributed by atoms with Crippen molar-refractivity contribution in [1.82, 2.24) is 24.8 Å². The van der Waals surface area contributed by atoms with E-state index >= 15 is 4.39 Å². The highest BCUT2D eigenvalue weighted by molar-refractivity contribution is 8.28. The van der Waals surface area contributed by atoms with E-state index in [0.29, 0.717) is 37.4 Å². The van der Waals surface area contributed by atoms with Crippen molar-refractivity contribution in [2.45, 2.75) is 93.2 Å². The number of imide groups is 1. The maximum atomic E-state index is 15.7. The predicted octanol–water partition coefficient (Wildman–Crippen LogP) is 4.77.